The molecule has 0 fully saturated rings. The summed E-state index contributed by atoms with van der Waals surface area (Å²) < 4.78 is 0. The first-order valence-corrected chi connectivity index (χ1v) is 5.65. The first-order chi connectivity index (χ1) is 7.77. The van der Waals surface area contributed by atoms with E-state index in [0.717, 1.165) is 18.4 Å². The molecule has 0 saturated heterocycles. The highest BCUT2D eigenvalue weighted by Crippen LogP contribution is 2.27. The van der Waals surface area contributed by atoms with Crippen molar-refractivity contribution in [3.63, 3.8) is 0 Å². The third kappa shape index (κ3) is 2.56. The Morgan fingerprint density at radius 2 is 1.62 bits per heavy atom. The fourth-order valence-corrected chi connectivity index (χ4v) is 1.90. The summed E-state index contributed by atoms with van der Waals surface area (Å²) in [6.45, 7) is 0. The van der Waals surface area contributed by atoms with Gasteiger partial charge in [-0.1, -0.05) is 54.1 Å². The highest BCUT2D eigenvalue weighted by atomic mass is 35.5. The molecule has 0 spiro atoms. The largest absolute Gasteiger partial charge is 0.506 e. The van der Waals surface area contributed by atoms with Crippen LogP contribution in [0.2, 0.25) is 5.02 Å². The van der Waals surface area contributed by atoms with Crippen molar-refractivity contribution in [2.24, 2.45) is 0 Å². The number of phenols is 1. The minimum Gasteiger partial charge on any atom is -0.506 e. The topological polar surface area (TPSA) is 20.2 Å². The SMILES string of the molecule is Oc1cccc(CCc2ccccc2)c1Cl. The lowest BCUT2D eigenvalue weighted by Gasteiger charge is -2.05. The summed E-state index contributed by atoms with van der Waals surface area (Å²) in [5, 5.41) is 9.94. The summed E-state index contributed by atoms with van der Waals surface area (Å²) in [5.41, 5.74) is 2.27. The van der Waals surface area contributed by atoms with Crippen molar-refractivity contribution in [2.75, 3.05) is 0 Å². The molecule has 1 nitrogen and oxygen atoms in total. The number of aryl methyl sites for hydroxylation is 2. The van der Waals surface area contributed by atoms with E-state index >= 15 is 0 Å². The second kappa shape index (κ2) is 5.04. The van der Waals surface area contributed by atoms with Crippen LogP contribution in [0, 0.1) is 0 Å². The van der Waals surface area contributed by atoms with Gasteiger partial charge < -0.3 is 5.11 Å². The molecule has 0 heterocycles. The second-order valence-electron chi connectivity index (χ2n) is 3.74. The molecule has 0 saturated carbocycles. The van der Waals surface area contributed by atoms with Crippen molar-refractivity contribution < 1.29 is 5.11 Å². The van der Waals surface area contributed by atoms with Crippen LogP contribution >= 0.6 is 11.6 Å². The molecule has 2 heteroatoms. The fraction of sp³-hybridized carbons (Fsp3) is 0.143. The monoisotopic (exact) mass is 232 g/mol. The van der Waals surface area contributed by atoms with Crippen molar-refractivity contribution in [1.82, 2.24) is 0 Å². The van der Waals surface area contributed by atoms with Crippen LogP contribution in [0.15, 0.2) is 48.5 Å². The van der Waals surface area contributed by atoms with Gasteiger partial charge in [-0.3, -0.25) is 0 Å². The first kappa shape index (κ1) is 11.0. The maximum atomic E-state index is 9.47. The quantitative estimate of drug-likeness (QED) is 0.853. The van der Waals surface area contributed by atoms with Crippen LogP contribution in [-0.2, 0) is 12.8 Å². The van der Waals surface area contributed by atoms with Gasteiger partial charge in [-0.25, -0.2) is 0 Å². The zero-order valence-electron chi connectivity index (χ0n) is 8.86. The van der Waals surface area contributed by atoms with Crippen LogP contribution in [0.4, 0.5) is 0 Å². The standard InChI is InChI=1S/C14H13ClO/c15-14-12(7-4-8-13(14)16)10-9-11-5-2-1-3-6-11/h1-8,16H,9-10H2. The van der Waals surface area contributed by atoms with Gasteiger partial charge in [0.2, 0.25) is 0 Å². The molecular formula is C14H13ClO. The predicted molar refractivity (Wildman–Crippen MR) is 67.0 cm³/mol. The van der Waals surface area contributed by atoms with Gasteiger partial charge >= 0.3 is 0 Å². The van der Waals surface area contributed by atoms with Crippen molar-refractivity contribution in [3.05, 3.63) is 64.7 Å². The minimum atomic E-state index is 0.159. The number of hydrogen-bond acceptors (Lipinski definition) is 1. The first-order valence-electron chi connectivity index (χ1n) is 5.27. The average Bonchev–Trinajstić information content (AvgIpc) is 2.32. The zero-order valence-corrected chi connectivity index (χ0v) is 9.61. The Bertz CT molecular complexity index is 465. The van der Waals surface area contributed by atoms with Crippen molar-refractivity contribution in [3.8, 4) is 5.75 Å². The summed E-state index contributed by atoms with van der Waals surface area (Å²) in [6, 6.07) is 15.6. The highest BCUT2D eigenvalue weighted by Gasteiger charge is 2.04. The molecule has 0 unspecified atom stereocenters. The van der Waals surface area contributed by atoms with Crippen LogP contribution in [0.3, 0.4) is 0 Å². The molecule has 82 valence electrons. The Labute approximate surface area is 100 Å². The van der Waals surface area contributed by atoms with Gasteiger partial charge in [0.15, 0.2) is 0 Å². The lowest BCUT2D eigenvalue weighted by Crippen LogP contribution is -1.92. The van der Waals surface area contributed by atoms with Gasteiger partial charge in [0.1, 0.15) is 5.75 Å². The number of benzene rings is 2. The molecule has 0 aliphatic carbocycles. The van der Waals surface area contributed by atoms with E-state index in [0.29, 0.717) is 5.02 Å². The van der Waals surface area contributed by atoms with Crippen LogP contribution in [-0.4, -0.2) is 5.11 Å². The third-order valence-electron chi connectivity index (χ3n) is 2.58. The molecule has 0 amide bonds. The normalized spacial score (nSPS) is 10.3. The lowest BCUT2D eigenvalue weighted by molar-refractivity contribution is 0.475. The Morgan fingerprint density at radius 1 is 0.875 bits per heavy atom. The van der Waals surface area contributed by atoms with Gasteiger partial charge in [0.25, 0.3) is 0 Å². The fourth-order valence-electron chi connectivity index (χ4n) is 1.68. The van der Waals surface area contributed by atoms with Gasteiger partial charge in [0, 0.05) is 0 Å². The van der Waals surface area contributed by atoms with Gasteiger partial charge in [-0.2, -0.15) is 0 Å². The Hall–Kier alpha value is -1.47. The highest BCUT2D eigenvalue weighted by molar-refractivity contribution is 6.32. The van der Waals surface area contributed by atoms with Gasteiger partial charge in [-0.05, 0) is 30.0 Å². The van der Waals surface area contributed by atoms with Crippen LogP contribution in [0.5, 0.6) is 5.75 Å². The number of phenolic OH excluding ortho intramolecular Hbond substituents is 1. The smallest absolute Gasteiger partial charge is 0.134 e. The Balaban J connectivity index is 2.08. The Kier molecular flexibility index (Phi) is 3.47. The van der Waals surface area contributed by atoms with E-state index in [1.54, 1.807) is 6.07 Å². The van der Waals surface area contributed by atoms with E-state index in [9.17, 15) is 5.11 Å². The van der Waals surface area contributed by atoms with Gasteiger partial charge in [-0.15, -0.1) is 0 Å². The van der Waals surface area contributed by atoms with Crippen LogP contribution < -0.4 is 0 Å². The molecule has 0 atom stereocenters. The molecular weight excluding hydrogens is 220 g/mol. The molecule has 0 aliphatic rings. The number of hydrogen-bond donors (Lipinski definition) is 1. The summed E-state index contributed by atoms with van der Waals surface area (Å²) in [7, 11) is 0. The molecule has 0 aromatic heterocycles. The van der Waals surface area contributed by atoms with E-state index in [1.165, 1.54) is 5.56 Å². The predicted octanol–water partition coefficient (Wildman–Crippen LogP) is 3.83. The maximum absolute atomic E-state index is 9.47. The summed E-state index contributed by atoms with van der Waals surface area (Å²) in [6.07, 6.45) is 1.78. The zero-order chi connectivity index (χ0) is 11.4. The van der Waals surface area contributed by atoms with E-state index in [2.05, 4.69) is 12.1 Å². The number of rotatable bonds is 3. The maximum Gasteiger partial charge on any atom is 0.134 e. The van der Waals surface area contributed by atoms with Gasteiger partial charge in [0.05, 0.1) is 5.02 Å². The van der Waals surface area contributed by atoms with E-state index in [-0.39, 0.29) is 5.75 Å². The minimum absolute atomic E-state index is 0.159. The van der Waals surface area contributed by atoms with Crippen molar-refractivity contribution in [2.45, 2.75) is 12.8 Å². The summed E-state index contributed by atoms with van der Waals surface area (Å²) in [5.74, 6) is 0.159. The van der Waals surface area contributed by atoms with E-state index in [4.69, 9.17) is 11.6 Å². The molecule has 16 heavy (non-hydrogen) atoms. The molecule has 1 N–H and O–H groups in total. The molecule has 2 rings (SSSR count). The molecule has 0 aliphatic heterocycles. The summed E-state index contributed by atoms with van der Waals surface area (Å²) in [4.78, 5) is 0. The van der Waals surface area contributed by atoms with Crippen molar-refractivity contribution >= 4 is 11.6 Å². The molecule has 2 aromatic rings. The van der Waals surface area contributed by atoms with Crippen LogP contribution in [0.25, 0.3) is 0 Å². The third-order valence-corrected chi connectivity index (χ3v) is 3.02. The number of aromatic hydroxyl groups is 1. The Morgan fingerprint density at radius 3 is 2.38 bits per heavy atom. The lowest BCUT2D eigenvalue weighted by atomic mass is 10.0. The average molecular weight is 233 g/mol. The molecule has 0 bridgehead atoms. The van der Waals surface area contributed by atoms with E-state index in [1.807, 2.05) is 30.3 Å². The van der Waals surface area contributed by atoms with Crippen molar-refractivity contribution in [1.29, 1.82) is 0 Å². The summed E-state index contributed by atoms with van der Waals surface area (Å²) >= 11 is 6.01. The number of halogens is 1. The second-order valence-corrected chi connectivity index (χ2v) is 4.11. The molecule has 2 aromatic carbocycles. The molecule has 0 radical (unpaired) electrons. The van der Waals surface area contributed by atoms with Crippen LogP contribution in [0.1, 0.15) is 11.1 Å². The van der Waals surface area contributed by atoms with E-state index < -0.39 is 0 Å².